The molecule has 20 heavy (non-hydrogen) atoms. The first-order valence-corrected chi connectivity index (χ1v) is 6.28. The number of H-pyrrole nitrogens is 1. The molecule has 1 heterocycles. The summed E-state index contributed by atoms with van der Waals surface area (Å²) in [5, 5.41) is 0. The molecule has 106 valence electrons. The topological polar surface area (TPSA) is 103 Å². The number of ether oxygens (including phenoxy) is 2. The van der Waals surface area contributed by atoms with E-state index in [9.17, 15) is 4.79 Å². The minimum atomic E-state index is -0.542. The molecule has 0 bridgehead atoms. The fourth-order valence-electron chi connectivity index (χ4n) is 1.74. The summed E-state index contributed by atoms with van der Waals surface area (Å²) in [7, 11) is 0. The number of hydrogen-bond acceptors (Lipinski definition) is 6. The highest BCUT2D eigenvalue weighted by Gasteiger charge is 2.09. The molecule has 0 atom stereocenters. The number of nitrogens with one attached hydrogen (secondary N) is 1. The fraction of sp³-hybridized carbons (Fsp3) is 0.308. The van der Waals surface area contributed by atoms with Crippen molar-refractivity contribution in [2.24, 2.45) is 0 Å². The van der Waals surface area contributed by atoms with Gasteiger partial charge in [0, 0.05) is 5.56 Å². The highest BCUT2D eigenvalue weighted by atomic mass is 16.5. The Morgan fingerprint density at radius 1 is 1.15 bits per heavy atom. The maximum Gasteiger partial charge on any atom is 0.349 e. The molecule has 0 aliphatic rings. The summed E-state index contributed by atoms with van der Waals surface area (Å²) in [6, 6.07) is 5.28. The van der Waals surface area contributed by atoms with Gasteiger partial charge in [-0.15, -0.1) is 0 Å². The molecular formula is C13H16N4O3. The first kappa shape index (κ1) is 13.9. The Bertz CT molecular complexity index is 654. The number of hydrogen-bond donors (Lipinski definition) is 2. The van der Waals surface area contributed by atoms with Crippen LogP contribution in [0.15, 0.2) is 23.0 Å². The maximum absolute atomic E-state index is 11.3. The number of anilines is 1. The molecule has 0 aliphatic carbocycles. The van der Waals surface area contributed by atoms with Gasteiger partial charge in [-0.25, -0.2) is 4.79 Å². The second kappa shape index (κ2) is 6.05. The Kier molecular flexibility index (Phi) is 4.19. The molecule has 7 heteroatoms. The Morgan fingerprint density at radius 2 is 1.85 bits per heavy atom. The largest absolute Gasteiger partial charge is 0.490 e. The van der Waals surface area contributed by atoms with Gasteiger partial charge in [-0.05, 0) is 32.0 Å². The van der Waals surface area contributed by atoms with E-state index in [-0.39, 0.29) is 5.95 Å². The fourth-order valence-corrected chi connectivity index (χ4v) is 1.74. The zero-order valence-electron chi connectivity index (χ0n) is 11.3. The van der Waals surface area contributed by atoms with Crippen molar-refractivity contribution in [2.45, 2.75) is 13.8 Å². The lowest BCUT2D eigenvalue weighted by atomic mass is 10.2. The Labute approximate surface area is 115 Å². The van der Waals surface area contributed by atoms with E-state index in [4.69, 9.17) is 15.2 Å². The highest BCUT2D eigenvalue weighted by Crippen LogP contribution is 2.31. The van der Waals surface area contributed by atoms with Crippen LogP contribution in [-0.4, -0.2) is 28.2 Å². The van der Waals surface area contributed by atoms with Crippen molar-refractivity contribution in [2.75, 3.05) is 18.9 Å². The molecule has 0 saturated heterocycles. The zero-order valence-corrected chi connectivity index (χ0v) is 11.3. The number of nitrogens with zero attached hydrogens (tertiary/aromatic N) is 2. The van der Waals surface area contributed by atoms with Gasteiger partial charge in [0.1, 0.15) is 5.82 Å². The standard InChI is InChI=1S/C13H16N4O3/c1-3-19-9-6-5-8(7-10(9)20-4-2)11-15-12(14)17-13(18)16-11/h5-7H,3-4H2,1-2H3,(H3,14,15,16,17,18). The van der Waals surface area contributed by atoms with Crippen LogP contribution >= 0.6 is 0 Å². The lowest BCUT2D eigenvalue weighted by Crippen LogP contribution is -2.15. The van der Waals surface area contributed by atoms with Crippen LogP contribution in [-0.2, 0) is 0 Å². The lowest BCUT2D eigenvalue weighted by molar-refractivity contribution is 0.288. The Balaban J connectivity index is 2.46. The number of nitrogen functional groups attached to an aromatic ring is 1. The predicted molar refractivity (Wildman–Crippen MR) is 74.8 cm³/mol. The van der Waals surface area contributed by atoms with Gasteiger partial charge in [0.25, 0.3) is 0 Å². The third kappa shape index (κ3) is 3.05. The van der Waals surface area contributed by atoms with Gasteiger partial charge in [0.15, 0.2) is 11.5 Å². The Morgan fingerprint density at radius 3 is 2.50 bits per heavy atom. The Hall–Kier alpha value is -2.57. The summed E-state index contributed by atoms with van der Waals surface area (Å²) in [6.07, 6.45) is 0. The normalized spacial score (nSPS) is 10.3. The van der Waals surface area contributed by atoms with Crippen LogP contribution in [0.3, 0.4) is 0 Å². The average molecular weight is 276 g/mol. The van der Waals surface area contributed by atoms with Gasteiger partial charge in [0.2, 0.25) is 5.95 Å². The van der Waals surface area contributed by atoms with Crippen LogP contribution in [0.4, 0.5) is 5.95 Å². The van der Waals surface area contributed by atoms with Crippen molar-refractivity contribution in [3.8, 4) is 22.9 Å². The van der Waals surface area contributed by atoms with Crippen molar-refractivity contribution in [3.05, 3.63) is 28.7 Å². The number of aromatic amines is 1. The summed E-state index contributed by atoms with van der Waals surface area (Å²) in [5.41, 5.74) is 5.60. The van der Waals surface area contributed by atoms with E-state index in [0.717, 1.165) is 0 Å². The van der Waals surface area contributed by atoms with Crippen LogP contribution in [0.5, 0.6) is 11.5 Å². The predicted octanol–water partition coefficient (Wildman–Crippen LogP) is 1.21. The van der Waals surface area contributed by atoms with Gasteiger partial charge in [-0.1, -0.05) is 0 Å². The van der Waals surface area contributed by atoms with Crippen LogP contribution in [0.1, 0.15) is 13.8 Å². The SMILES string of the molecule is CCOc1ccc(-c2nc(N)nc(=O)[nH]2)cc1OCC. The molecule has 0 radical (unpaired) electrons. The molecule has 0 amide bonds. The average Bonchev–Trinajstić information content (AvgIpc) is 2.40. The third-order valence-corrected chi connectivity index (χ3v) is 2.48. The zero-order chi connectivity index (χ0) is 14.5. The van der Waals surface area contributed by atoms with E-state index in [0.29, 0.717) is 36.1 Å². The van der Waals surface area contributed by atoms with Crippen molar-refractivity contribution in [1.29, 1.82) is 0 Å². The minimum absolute atomic E-state index is 0.0735. The first-order chi connectivity index (χ1) is 9.63. The molecule has 0 aliphatic heterocycles. The van der Waals surface area contributed by atoms with Crippen molar-refractivity contribution in [1.82, 2.24) is 15.0 Å². The quantitative estimate of drug-likeness (QED) is 0.850. The number of aromatic nitrogens is 3. The number of benzene rings is 1. The van der Waals surface area contributed by atoms with E-state index in [1.165, 1.54) is 0 Å². The summed E-state index contributed by atoms with van der Waals surface area (Å²) in [5.74, 6) is 1.49. The minimum Gasteiger partial charge on any atom is -0.490 e. The monoisotopic (exact) mass is 276 g/mol. The van der Waals surface area contributed by atoms with Crippen molar-refractivity contribution < 1.29 is 9.47 Å². The summed E-state index contributed by atoms with van der Waals surface area (Å²) in [4.78, 5) is 21.3. The molecule has 2 rings (SSSR count). The third-order valence-electron chi connectivity index (χ3n) is 2.48. The van der Waals surface area contributed by atoms with Crippen LogP contribution in [0.25, 0.3) is 11.4 Å². The highest BCUT2D eigenvalue weighted by molar-refractivity contribution is 5.61. The van der Waals surface area contributed by atoms with Crippen LogP contribution < -0.4 is 20.9 Å². The summed E-state index contributed by atoms with van der Waals surface area (Å²) < 4.78 is 11.0. The van der Waals surface area contributed by atoms with Gasteiger partial charge in [-0.3, -0.25) is 4.98 Å². The molecule has 2 aromatic rings. The second-order valence-electron chi connectivity index (χ2n) is 3.89. The molecule has 0 fully saturated rings. The van der Waals surface area contributed by atoms with E-state index in [1.54, 1.807) is 18.2 Å². The molecule has 0 spiro atoms. The number of nitrogens with two attached hydrogens (primary N) is 1. The van der Waals surface area contributed by atoms with Gasteiger partial charge in [-0.2, -0.15) is 9.97 Å². The van der Waals surface area contributed by atoms with Crippen LogP contribution in [0.2, 0.25) is 0 Å². The van der Waals surface area contributed by atoms with Gasteiger partial charge in [0.05, 0.1) is 13.2 Å². The van der Waals surface area contributed by atoms with E-state index < -0.39 is 5.69 Å². The molecule has 1 aromatic heterocycles. The maximum atomic E-state index is 11.3. The number of rotatable bonds is 5. The van der Waals surface area contributed by atoms with E-state index in [2.05, 4.69) is 15.0 Å². The molecule has 1 aromatic carbocycles. The van der Waals surface area contributed by atoms with Crippen molar-refractivity contribution in [3.63, 3.8) is 0 Å². The summed E-state index contributed by atoms with van der Waals surface area (Å²) >= 11 is 0. The van der Waals surface area contributed by atoms with Gasteiger partial charge >= 0.3 is 5.69 Å². The first-order valence-electron chi connectivity index (χ1n) is 6.28. The second-order valence-corrected chi connectivity index (χ2v) is 3.89. The van der Waals surface area contributed by atoms with Gasteiger partial charge < -0.3 is 15.2 Å². The van der Waals surface area contributed by atoms with E-state index in [1.807, 2.05) is 13.8 Å². The van der Waals surface area contributed by atoms with Crippen molar-refractivity contribution >= 4 is 5.95 Å². The molecular weight excluding hydrogens is 260 g/mol. The smallest absolute Gasteiger partial charge is 0.349 e. The lowest BCUT2D eigenvalue weighted by Gasteiger charge is -2.12. The molecule has 7 nitrogen and oxygen atoms in total. The molecule has 0 saturated carbocycles. The molecule has 3 N–H and O–H groups in total. The summed E-state index contributed by atoms with van der Waals surface area (Å²) in [6.45, 7) is 4.82. The van der Waals surface area contributed by atoms with Crippen LogP contribution in [0, 0.1) is 0 Å². The van der Waals surface area contributed by atoms with E-state index >= 15 is 0 Å². The molecule has 0 unspecified atom stereocenters.